The minimum absolute atomic E-state index is 0.0950. The minimum Gasteiger partial charge on any atom is -0.481 e. The van der Waals surface area contributed by atoms with Crippen LogP contribution < -0.4 is 5.73 Å². The highest BCUT2D eigenvalue weighted by Gasteiger charge is 2.48. The lowest BCUT2D eigenvalue weighted by Crippen LogP contribution is -2.08. The maximum atomic E-state index is 11.7. The Balaban J connectivity index is 2.10. The second-order valence-corrected chi connectivity index (χ2v) is 3.77. The summed E-state index contributed by atoms with van der Waals surface area (Å²) in [6.07, 6.45) is 0.457. The summed E-state index contributed by atoms with van der Waals surface area (Å²) < 4.78 is 0. The van der Waals surface area contributed by atoms with Gasteiger partial charge in [-0.25, -0.2) is 0 Å². The molecule has 1 aromatic carbocycles. The van der Waals surface area contributed by atoms with Gasteiger partial charge in [-0.1, -0.05) is 0 Å². The summed E-state index contributed by atoms with van der Waals surface area (Å²) in [5, 5.41) is 8.69. The summed E-state index contributed by atoms with van der Waals surface area (Å²) in [7, 11) is 0. The molecule has 1 aromatic rings. The van der Waals surface area contributed by atoms with Gasteiger partial charge in [-0.15, -0.1) is 0 Å². The Bertz CT molecular complexity index is 410. The van der Waals surface area contributed by atoms with E-state index in [0.717, 1.165) is 0 Å². The molecule has 0 heterocycles. The Morgan fingerprint density at radius 3 is 2.27 bits per heavy atom. The predicted molar refractivity (Wildman–Crippen MR) is 54.4 cm³/mol. The number of carboxylic acids is 1. The van der Waals surface area contributed by atoms with E-state index in [1.807, 2.05) is 0 Å². The van der Waals surface area contributed by atoms with Crippen LogP contribution in [-0.2, 0) is 4.79 Å². The Labute approximate surface area is 86.7 Å². The monoisotopic (exact) mass is 205 g/mol. The number of carboxylic acid groups (broad SMARTS) is 1. The van der Waals surface area contributed by atoms with Crippen molar-refractivity contribution in [3.8, 4) is 0 Å². The molecular weight excluding hydrogens is 194 g/mol. The number of carbonyl (C=O) groups is 2. The molecule has 4 heteroatoms. The molecule has 3 N–H and O–H groups in total. The number of Topliss-reactive ketones (excluding diaryl/α,β-unsaturated/α-hetero) is 1. The molecule has 0 amide bonds. The van der Waals surface area contributed by atoms with Crippen LogP contribution in [0.4, 0.5) is 5.69 Å². The van der Waals surface area contributed by atoms with Crippen LogP contribution in [0.25, 0.3) is 0 Å². The standard InChI is InChI=1S/C11H11NO3/c12-7-3-1-6(2-4-7)10(13)8-5-9(8)11(14)15/h1-4,8-9H,5,12H2,(H,14,15)/t8-,9+/m0/s1. The van der Waals surface area contributed by atoms with Crippen LogP contribution in [0.1, 0.15) is 16.8 Å². The maximum absolute atomic E-state index is 11.7. The molecule has 1 aliphatic carbocycles. The fourth-order valence-corrected chi connectivity index (χ4v) is 1.62. The van der Waals surface area contributed by atoms with Crippen molar-refractivity contribution in [3.05, 3.63) is 29.8 Å². The number of carbonyl (C=O) groups excluding carboxylic acids is 1. The molecule has 0 radical (unpaired) electrons. The molecule has 78 valence electrons. The number of nitrogens with two attached hydrogens (primary N) is 1. The molecule has 0 spiro atoms. The van der Waals surface area contributed by atoms with Crippen LogP contribution in [0, 0.1) is 11.8 Å². The SMILES string of the molecule is Nc1ccc(C(=O)[C@H]2C[C@H]2C(=O)O)cc1. The van der Waals surface area contributed by atoms with Crippen LogP contribution in [0.3, 0.4) is 0 Å². The van der Waals surface area contributed by atoms with Crippen molar-refractivity contribution in [1.82, 2.24) is 0 Å². The normalized spacial score (nSPS) is 23.5. The molecule has 1 aliphatic rings. The molecule has 0 aromatic heterocycles. The lowest BCUT2D eigenvalue weighted by molar-refractivity contribution is -0.138. The molecule has 0 unspecified atom stereocenters. The van der Waals surface area contributed by atoms with Crippen molar-refractivity contribution in [2.75, 3.05) is 5.73 Å². The van der Waals surface area contributed by atoms with Gasteiger partial charge in [-0.3, -0.25) is 9.59 Å². The van der Waals surface area contributed by atoms with E-state index >= 15 is 0 Å². The van der Waals surface area contributed by atoms with Gasteiger partial charge in [0.25, 0.3) is 0 Å². The van der Waals surface area contributed by atoms with E-state index in [4.69, 9.17) is 10.8 Å². The van der Waals surface area contributed by atoms with Gasteiger partial charge < -0.3 is 10.8 Å². The van der Waals surface area contributed by atoms with E-state index in [0.29, 0.717) is 17.7 Å². The third-order valence-corrected chi connectivity index (χ3v) is 2.64. The first kappa shape index (κ1) is 9.71. The molecule has 0 saturated heterocycles. The van der Waals surface area contributed by atoms with Crippen molar-refractivity contribution < 1.29 is 14.7 Å². The lowest BCUT2D eigenvalue weighted by Gasteiger charge is -1.99. The van der Waals surface area contributed by atoms with E-state index < -0.39 is 11.9 Å². The number of rotatable bonds is 3. The number of hydrogen-bond acceptors (Lipinski definition) is 3. The number of ketones is 1. The first-order valence-electron chi connectivity index (χ1n) is 4.72. The second kappa shape index (κ2) is 3.38. The number of nitrogen functional groups attached to an aromatic ring is 1. The Hall–Kier alpha value is -1.84. The smallest absolute Gasteiger partial charge is 0.307 e. The summed E-state index contributed by atoms with van der Waals surface area (Å²) in [6.45, 7) is 0. The molecule has 0 aliphatic heterocycles. The van der Waals surface area contributed by atoms with Gasteiger partial charge in [0.15, 0.2) is 5.78 Å². The van der Waals surface area contributed by atoms with Gasteiger partial charge in [0.2, 0.25) is 0 Å². The number of benzene rings is 1. The Morgan fingerprint density at radius 1 is 1.20 bits per heavy atom. The highest BCUT2D eigenvalue weighted by Crippen LogP contribution is 2.41. The van der Waals surface area contributed by atoms with E-state index in [-0.39, 0.29) is 11.7 Å². The maximum Gasteiger partial charge on any atom is 0.307 e. The van der Waals surface area contributed by atoms with Gasteiger partial charge in [-0.2, -0.15) is 0 Å². The third-order valence-electron chi connectivity index (χ3n) is 2.64. The zero-order chi connectivity index (χ0) is 11.0. The highest BCUT2D eigenvalue weighted by atomic mass is 16.4. The summed E-state index contributed by atoms with van der Waals surface area (Å²) in [5.74, 6) is -1.81. The summed E-state index contributed by atoms with van der Waals surface area (Å²) in [6, 6.07) is 6.56. The minimum atomic E-state index is -0.885. The second-order valence-electron chi connectivity index (χ2n) is 3.77. The van der Waals surface area contributed by atoms with Crippen molar-refractivity contribution in [1.29, 1.82) is 0 Å². The molecule has 1 fully saturated rings. The highest BCUT2D eigenvalue weighted by molar-refractivity contribution is 6.02. The van der Waals surface area contributed by atoms with Gasteiger partial charge in [0.1, 0.15) is 0 Å². The van der Waals surface area contributed by atoms with Crippen LogP contribution in [0.2, 0.25) is 0 Å². The van der Waals surface area contributed by atoms with Crippen LogP contribution >= 0.6 is 0 Å². The van der Waals surface area contributed by atoms with Crippen molar-refractivity contribution in [2.24, 2.45) is 11.8 Å². The fourth-order valence-electron chi connectivity index (χ4n) is 1.62. The predicted octanol–water partition coefficient (Wildman–Crippen LogP) is 1.17. The van der Waals surface area contributed by atoms with E-state index in [1.165, 1.54) is 0 Å². The van der Waals surface area contributed by atoms with Crippen molar-refractivity contribution >= 4 is 17.4 Å². The van der Waals surface area contributed by atoms with Gasteiger partial charge in [0.05, 0.1) is 5.92 Å². The first-order valence-corrected chi connectivity index (χ1v) is 4.72. The van der Waals surface area contributed by atoms with Crippen LogP contribution in [-0.4, -0.2) is 16.9 Å². The topological polar surface area (TPSA) is 80.4 Å². The zero-order valence-electron chi connectivity index (χ0n) is 8.01. The summed E-state index contributed by atoms with van der Waals surface area (Å²) in [4.78, 5) is 22.3. The van der Waals surface area contributed by atoms with Gasteiger partial charge in [0, 0.05) is 17.2 Å². The average Bonchev–Trinajstić information content (AvgIpc) is 2.97. The van der Waals surface area contributed by atoms with Gasteiger partial charge in [-0.05, 0) is 30.7 Å². The van der Waals surface area contributed by atoms with Crippen LogP contribution in [0.5, 0.6) is 0 Å². The lowest BCUT2D eigenvalue weighted by atomic mass is 10.1. The largest absolute Gasteiger partial charge is 0.481 e. The summed E-state index contributed by atoms with van der Waals surface area (Å²) in [5.41, 5.74) is 6.62. The third kappa shape index (κ3) is 1.83. The first-order chi connectivity index (χ1) is 7.09. The zero-order valence-corrected chi connectivity index (χ0v) is 8.01. The molecule has 0 bridgehead atoms. The number of anilines is 1. The quantitative estimate of drug-likeness (QED) is 0.573. The van der Waals surface area contributed by atoms with Gasteiger partial charge >= 0.3 is 5.97 Å². The van der Waals surface area contributed by atoms with Crippen molar-refractivity contribution in [2.45, 2.75) is 6.42 Å². The fraction of sp³-hybridized carbons (Fsp3) is 0.273. The molecule has 1 saturated carbocycles. The molecular formula is C11H11NO3. The molecule has 4 nitrogen and oxygen atoms in total. The number of aliphatic carboxylic acids is 1. The average molecular weight is 205 g/mol. The van der Waals surface area contributed by atoms with E-state index in [1.54, 1.807) is 24.3 Å². The number of hydrogen-bond donors (Lipinski definition) is 2. The summed E-state index contributed by atoms with van der Waals surface area (Å²) >= 11 is 0. The Morgan fingerprint density at radius 2 is 1.80 bits per heavy atom. The Kier molecular flexibility index (Phi) is 2.19. The van der Waals surface area contributed by atoms with Crippen LogP contribution in [0.15, 0.2) is 24.3 Å². The molecule has 2 rings (SSSR count). The molecule has 15 heavy (non-hydrogen) atoms. The van der Waals surface area contributed by atoms with Crippen molar-refractivity contribution in [3.63, 3.8) is 0 Å². The van der Waals surface area contributed by atoms with E-state index in [9.17, 15) is 9.59 Å². The molecule has 2 atom stereocenters. The van der Waals surface area contributed by atoms with E-state index in [2.05, 4.69) is 0 Å².